The van der Waals surface area contributed by atoms with Crippen LogP contribution in [0.5, 0.6) is 0 Å². The van der Waals surface area contributed by atoms with Crippen molar-refractivity contribution in [3.05, 3.63) is 23.7 Å². The van der Waals surface area contributed by atoms with Crippen LogP contribution in [0.3, 0.4) is 0 Å². The first-order valence-corrected chi connectivity index (χ1v) is 8.74. The second-order valence-electron chi connectivity index (χ2n) is 7.92. The smallest absolute Gasteiger partial charge is 0.221 e. The van der Waals surface area contributed by atoms with Crippen molar-refractivity contribution in [2.45, 2.75) is 65.0 Å². The molecule has 0 bridgehead atoms. The summed E-state index contributed by atoms with van der Waals surface area (Å²) in [7, 11) is 1.98. The first kappa shape index (κ1) is 18.7. The lowest BCUT2D eigenvalue weighted by molar-refractivity contribution is -0.124. The predicted molar refractivity (Wildman–Crippen MR) is 93.7 cm³/mol. The zero-order valence-corrected chi connectivity index (χ0v) is 15.5. The molecule has 5 nitrogen and oxygen atoms in total. The second kappa shape index (κ2) is 7.51. The molecule has 0 aromatic carbocycles. The van der Waals surface area contributed by atoms with Crippen LogP contribution < -0.4 is 5.32 Å². The van der Waals surface area contributed by atoms with Gasteiger partial charge in [-0.1, -0.05) is 6.92 Å². The number of carbonyl (C=O) groups is 2. The molecule has 1 fully saturated rings. The molecule has 0 radical (unpaired) electrons. The highest BCUT2D eigenvalue weighted by atomic mass is 16.3. The zero-order valence-electron chi connectivity index (χ0n) is 15.5. The number of nitrogens with one attached hydrogen (secondary N) is 1. The number of nitrogens with zero attached hydrogens (tertiary/aromatic N) is 1. The van der Waals surface area contributed by atoms with Gasteiger partial charge in [-0.25, -0.2) is 0 Å². The van der Waals surface area contributed by atoms with Crippen molar-refractivity contribution in [2.24, 2.45) is 5.92 Å². The topological polar surface area (TPSA) is 62.6 Å². The predicted octanol–water partition coefficient (Wildman–Crippen LogP) is 3.10. The van der Waals surface area contributed by atoms with Gasteiger partial charge in [0, 0.05) is 30.8 Å². The number of Topliss-reactive ketones (excluding diaryl/α,β-unsaturated/α-hetero) is 1. The molecule has 2 rings (SSSR count). The molecule has 1 aliphatic rings. The Labute approximate surface area is 144 Å². The van der Waals surface area contributed by atoms with Gasteiger partial charge in [-0.2, -0.15) is 0 Å². The molecule has 1 aliphatic carbocycles. The monoisotopic (exact) mass is 334 g/mol. The average Bonchev–Trinajstić information content (AvgIpc) is 2.98. The summed E-state index contributed by atoms with van der Waals surface area (Å²) in [6.45, 7) is 8.88. The molecule has 5 heteroatoms. The van der Waals surface area contributed by atoms with Crippen LogP contribution in [0.15, 0.2) is 16.5 Å². The first-order chi connectivity index (χ1) is 11.2. The molecule has 0 spiro atoms. The van der Waals surface area contributed by atoms with Gasteiger partial charge < -0.3 is 9.73 Å². The van der Waals surface area contributed by atoms with E-state index in [-0.39, 0.29) is 11.7 Å². The minimum Gasteiger partial charge on any atom is -0.464 e. The maximum absolute atomic E-state index is 12.1. The normalized spacial score (nSPS) is 20.2. The first-order valence-electron chi connectivity index (χ1n) is 8.74. The molecule has 1 N–H and O–H groups in total. The quantitative estimate of drug-likeness (QED) is 0.754. The van der Waals surface area contributed by atoms with E-state index in [9.17, 15) is 9.59 Å². The summed E-state index contributed by atoms with van der Waals surface area (Å²) < 4.78 is 5.90. The van der Waals surface area contributed by atoms with Crippen molar-refractivity contribution in [1.29, 1.82) is 0 Å². The van der Waals surface area contributed by atoms with Crippen molar-refractivity contribution in [1.82, 2.24) is 10.2 Å². The minimum absolute atomic E-state index is 0.0277. The van der Waals surface area contributed by atoms with Crippen LogP contribution in [-0.4, -0.2) is 35.7 Å². The van der Waals surface area contributed by atoms with Gasteiger partial charge in [-0.3, -0.25) is 14.5 Å². The van der Waals surface area contributed by atoms with Crippen LogP contribution in [0, 0.1) is 5.92 Å². The Kier molecular flexibility index (Phi) is 5.86. The van der Waals surface area contributed by atoms with E-state index in [4.69, 9.17) is 4.42 Å². The summed E-state index contributed by atoms with van der Waals surface area (Å²) in [6, 6.07) is 4.11. The fraction of sp³-hybridized carbons (Fsp3) is 0.684. The lowest BCUT2D eigenvalue weighted by Crippen LogP contribution is -2.45. The van der Waals surface area contributed by atoms with E-state index in [1.165, 1.54) is 6.42 Å². The Morgan fingerprint density at radius 2 is 2.04 bits per heavy atom. The number of carbonyl (C=O) groups excluding carboxylic acids is 2. The number of furan rings is 1. The van der Waals surface area contributed by atoms with Crippen LogP contribution in [-0.2, 0) is 16.1 Å². The maximum atomic E-state index is 12.1. The number of rotatable bonds is 9. The molecule has 1 heterocycles. The van der Waals surface area contributed by atoms with Gasteiger partial charge in [0.15, 0.2) is 0 Å². The van der Waals surface area contributed by atoms with E-state index in [2.05, 4.69) is 23.2 Å². The summed E-state index contributed by atoms with van der Waals surface area (Å²) in [6.07, 6.45) is 1.98. The summed E-state index contributed by atoms with van der Waals surface area (Å²) in [5.41, 5.74) is -0.488. The van der Waals surface area contributed by atoms with Gasteiger partial charge >= 0.3 is 0 Å². The van der Waals surface area contributed by atoms with Crippen molar-refractivity contribution in [3.63, 3.8) is 0 Å². The molecule has 1 aromatic heterocycles. The molecule has 24 heavy (non-hydrogen) atoms. The van der Waals surface area contributed by atoms with Crippen LogP contribution in [0.25, 0.3) is 0 Å². The largest absolute Gasteiger partial charge is 0.464 e. The fourth-order valence-corrected chi connectivity index (χ4v) is 3.14. The van der Waals surface area contributed by atoms with Crippen molar-refractivity contribution in [3.8, 4) is 0 Å². The van der Waals surface area contributed by atoms with E-state index < -0.39 is 5.54 Å². The SMILES string of the molecule is CC(=O)CC(C)(C)NC(=O)CCN(C)Cc1ccc([C@H]2C[C@@H]2C)o1. The lowest BCUT2D eigenvalue weighted by atomic mass is 9.98. The third-order valence-corrected chi connectivity index (χ3v) is 4.47. The van der Waals surface area contributed by atoms with Crippen molar-refractivity contribution >= 4 is 11.7 Å². The summed E-state index contributed by atoms with van der Waals surface area (Å²) in [5.74, 6) is 3.43. The van der Waals surface area contributed by atoms with Crippen molar-refractivity contribution in [2.75, 3.05) is 13.6 Å². The summed E-state index contributed by atoms with van der Waals surface area (Å²) in [4.78, 5) is 25.4. The van der Waals surface area contributed by atoms with E-state index in [0.29, 0.717) is 31.8 Å². The summed E-state index contributed by atoms with van der Waals surface area (Å²) in [5, 5.41) is 2.93. The highest BCUT2D eigenvalue weighted by molar-refractivity contribution is 5.80. The van der Waals surface area contributed by atoms with E-state index in [1.807, 2.05) is 27.0 Å². The highest BCUT2D eigenvalue weighted by Crippen LogP contribution is 2.47. The Hall–Kier alpha value is -1.62. The molecule has 0 aliphatic heterocycles. The van der Waals surface area contributed by atoms with Crippen LogP contribution >= 0.6 is 0 Å². The Morgan fingerprint density at radius 1 is 1.38 bits per heavy atom. The molecule has 1 saturated carbocycles. The van der Waals surface area contributed by atoms with Gasteiger partial charge in [-0.05, 0) is 52.3 Å². The van der Waals surface area contributed by atoms with Gasteiger partial charge in [-0.15, -0.1) is 0 Å². The Morgan fingerprint density at radius 3 is 2.62 bits per heavy atom. The second-order valence-corrected chi connectivity index (χ2v) is 7.92. The molecule has 0 unspecified atom stereocenters. The van der Waals surface area contributed by atoms with Crippen LogP contribution in [0.4, 0.5) is 0 Å². The Bertz CT molecular complexity index is 591. The van der Waals surface area contributed by atoms with Crippen molar-refractivity contribution < 1.29 is 14.0 Å². The molecule has 134 valence electrons. The molecule has 0 saturated heterocycles. The molecule has 1 amide bonds. The van der Waals surface area contributed by atoms with E-state index in [0.717, 1.165) is 17.4 Å². The number of ketones is 1. The summed E-state index contributed by atoms with van der Waals surface area (Å²) >= 11 is 0. The zero-order chi connectivity index (χ0) is 17.9. The molecular weight excluding hydrogens is 304 g/mol. The molecule has 2 atom stereocenters. The number of hydrogen-bond acceptors (Lipinski definition) is 4. The third kappa shape index (κ3) is 5.78. The minimum atomic E-state index is -0.488. The standard InChI is InChI=1S/C19H30N2O3/c1-13-10-16(13)17-7-6-15(24-17)12-21(5)9-8-18(23)20-19(3,4)11-14(2)22/h6-7,13,16H,8-12H2,1-5H3,(H,20,23)/t13-,16-/m0/s1. The van der Waals surface area contributed by atoms with Gasteiger partial charge in [0.2, 0.25) is 5.91 Å². The number of amides is 1. The van der Waals surface area contributed by atoms with Gasteiger partial charge in [0.05, 0.1) is 6.54 Å². The van der Waals surface area contributed by atoms with Crippen LogP contribution in [0.1, 0.15) is 64.4 Å². The fourth-order valence-electron chi connectivity index (χ4n) is 3.14. The van der Waals surface area contributed by atoms with Gasteiger partial charge in [0.1, 0.15) is 17.3 Å². The van der Waals surface area contributed by atoms with Gasteiger partial charge in [0.25, 0.3) is 0 Å². The van der Waals surface area contributed by atoms with Crippen LogP contribution in [0.2, 0.25) is 0 Å². The molecule has 1 aromatic rings. The maximum Gasteiger partial charge on any atom is 0.221 e. The third-order valence-electron chi connectivity index (χ3n) is 4.47. The molecular formula is C19H30N2O3. The van der Waals surface area contributed by atoms with E-state index >= 15 is 0 Å². The van der Waals surface area contributed by atoms with E-state index in [1.54, 1.807) is 6.92 Å². The highest BCUT2D eigenvalue weighted by Gasteiger charge is 2.36. The lowest BCUT2D eigenvalue weighted by Gasteiger charge is -2.25. The average molecular weight is 334 g/mol. The Balaban J connectivity index is 1.72. The number of hydrogen-bond donors (Lipinski definition) is 1.